The first-order valence-electron chi connectivity index (χ1n) is 8.29. The predicted molar refractivity (Wildman–Crippen MR) is 100 cm³/mol. The van der Waals surface area contributed by atoms with Crippen LogP contribution in [0.25, 0.3) is 0 Å². The number of nitrogens with zero attached hydrogens (tertiary/aromatic N) is 2. The highest BCUT2D eigenvalue weighted by atomic mass is 19.1. The fraction of sp³-hybridized carbons (Fsp3) is 0.0526. The van der Waals surface area contributed by atoms with E-state index in [2.05, 4.69) is 20.6 Å². The number of carbonyl (C=O) groups excluding carboxylic acids is 2. The van der Waals surface area contributed by atoms with Crippen molar-refractivity contribution >= 4 is 23.4 Å². The van der Waals surface area contributed by atoms with E-state index in [-0.39, 0.29) is 29.6 Å². The van der Waals surface area contributed by atoms with Gasteiger partial charge in [-0.2, -0.15) is 0 Å². The van der Waals surface area contributed by atoms with Crippen molar-refractivity contribution in [2.24, 2.45) is 0 Å². The van der Waals surface area contributed by atoms with Gasteiger partial charge in [0, 0.05) is 17.8 Å². The van der Waals surface area contributed by atoms with Crippen LogP contribution in [-0.4, -0.2) is 21.9 Å². The van der Waals surface area contributed by atoms with Gasteiger partial charge in [0.05, 0.1) is 6.42 Å². The van der Waals surface area contributed by atoms with Gasteiger partial charge in [0.2, 0.25) is 11.8 Å². The van der Waals surface area contributed by atoms with Crippen LogP contribution in [0.5, 0.6) is 11.6 Å². The van der Waals surface area contributed by atoms with Gasteiger partial charge in [0.1, 0.15) is 18.0 Å². The third-order valence-corrected chi connectivity index (χ3v) is 3.60. The quantitative estimate of drug-likeness (QED) is 0.607. The largest absolute Gasteiger partial charge is 0.436 e. The number of hydrogen-bond donors (Lipinski definition) is 3. The van der Waals surface area contributed by atoms with Crippen molar-refractivity contribution in [3.63, 3.8) is 0 Å². The maximum atomic E-state index is 14.2. The van der Waals surface area contributed by atoms with E-state index >= 15 is 0 Å². The van der Waals surface area contributed by atoms with Gasteiger partial charge >= 0.3 is 6.03 Å². The second-order valence-corrected chi connectivity index (χ2v) is 5.83. The van der Waals surface area contributed by atoms with Crippen molar-refractivity contribution < 1.29 is 23.1 Å². The van der Waals surface area contributed by atoms with Gasteiger partial charge < -0.3 is 15.8 Å². The summed E-state index contributed by atoms with van der Waals surface area (Å²) in [4.78, 5) is 31.3. The van der Waals surface area contributed by atoms with Gasteiger partial charge in [-0.05, 0) is 29.8 Å². The highest BCUT2D eigenvalue weighted by Crippen LogP contribution is 2.25. The summed E-state index contributed by atoms with van der Waals surface area (Å²) in [6.07, 6.45) is 1.06. The number of aromatic nitrogens is 2. The Bertz CT molecular complexity index is 1040. The number of benzene rings is 2. The summed E-state index contributed by atoms with van der Waals surface area (Å²) in [5, 5.41) is 4.44. The van der Waals surface area contributed by atoms with Crippen molar-refractivity contribution in [3.05, 3.63) is 72.1 Å². The molecule has 0 saturated heterocycles. The fourth-order valence-corrected chi connectivity index (χ4v) is 2.30. The number of carbonyl (C=O) groups is 2. The summed E-state index contributed by atoms with van der Waals surface area (Å²) in [6.45, 7) is 0. The Morgan fingerprint density at radius 2 is 1.79 bits per heavy atom. The molecule has 3 aromatic rings. The van der Waals surface area contributed by atoms with Gasteiger partial charge in [-0.15, -0.1) is 0 Å². The number of hydrogen-bond acceptors (Lipinski definition) is 6. The van der Waals surface area contributed by atoms with Gasteiger partial charge in [0.15, 0.2) is 11.6 Å². The summed E-state index contributed by atoms with van der Waals surface area (Å²) < 4.78 is 32.3. The molecule has 1 heterocycles. The van der Waals surface area contributed by atoms with Gasteiger partial charge in [-0.25, -0.2) is 23.5 Å². The topological polar surface area (TPSA) is 119 Å². The van der Waals surface area contributed by atoms with Crippen molar-refractivity contribution in [1.29, 1.82) is 0 Å². The lowest BCUT2D eigenvalue weighted by Gasteiger charge is -2.09. The Hall–Kier alpha value is -4.08. The number of anilines is 2. The SMILES string of the molecule is Nc1cc(Oc2ccc(NC(=O)NC(=O)Cc3ccc(F)cc3)cc2F)ncn1. The van der Waals surface area contributed by atoms with E-state index in [1.807, 2.05) is 0 Å². The first-order chi connectivity index (χ1) is 13.9. The molecule has 4 N–H and O–H groups in total. The van der Waals surface area contributed by atoms with Crippen LogP contribution < -0.4 is 21.1 Å². The van der Waals surface area contributed by atoms with E-state index in [1.54, 1.807) is 0 Å². The third-order valence-electron chi connectivity index (χ3n) is 3.60. The molecule has 29 heavy (non-hydrogen) atoms. The molecule has 10 heteroatoms. The molecule has 148 valence electrons. The van der Waals surface area contributed by atoms with E-state index in [1.165, 1.54) is 48.8 Å². The van der Waals surface area contributed by atoms with Crippen LogP contribution >= 0.6 is 0 Å². The molecule has 0 fully saturated rings. The average molecular weight is 399 g/mol. The van der Waals surface area contributed by atoms with E-state index in [4.69, 9.17) is 10.5 Å². The highest BCUT2D eigenvalue weighted by Gasteiger charge is 2.12. The van der Waals surface area contributed by atoms with E-state index in [0.29, 0.717) is 5.56 Å². The monoisotopic (exact) mass is 399 g/mol. The van der Waals surface area contributed by atoms with Crippen LogP contribution in [0.4, 0.5) is 25.1 Å². The van der Waals surface area contributed by atoms with Gasteiger partial charge in [-0.3, -0.25) is 10.1 Å². The Labute approximate surface area is 163 Å². The zero-order chi connectivity index (χ0) is 20.8. The molecular formula is C19H15F2N5O3. The summed E-state index contributed by atoms with van der Waals surface area (Å²) in [6, 6.07) is 9.47. The van der Waals surface area contributed by atoms with E-state index in [0.717, 1.165) is 6.07 Å². The lowest BCUT2D eigenvalue weighted by atomic mass is 10.1. The van der Waals surface area contributed by atoms with Gasteiger partial charge in [0.25, 0.3) is 0 Å². The molecule has 0 atom stereocenters. The molecule has 0 aliphatic carbocycles. The van der Waals surface area contributed by atoms with Crippen LogP contribution in [0.15, 0.2) is 54.9 Å². The number of nitrogens with two attached hydrogens (primary N) is 1. The lowest BCUT2D eigenvalue weighted by molar-refractivity contribution is -0.119. The van der Waals surface area contributed by atoms with Crippen LogP contribution in [0.3, 0.4) is 0 Å². The molecule has 0 saturated carbocycles. The Balaban J connectivity index is 1.56. The molecule has 3 amide bonds. The van der Waals surface area contributed by atoms with Crippen LogP contribution in [0, 0.1) is 11.6 Å². The average Bonchev–Trinajstić information content (AvgIpc) is 2.66. The maximum Gasteiger partial charge on any atom is 0.325 e. The van der Waals surface area contributed by atoms with Crippen LogP contribution in [0.2, 0.25) is 0 Å². The normalized spacial score (nSPS) is 10.3. The Kier molecular flexibility index (Phi) is 5.93. The molecule has 0 spiro atoms. The lowest BCUT2D eigenvalue weighted by Crippen LogP contribution is -2.35. The smallest absolute Gasteiger partial charge is 0.325 e. The molecule has 1 aromatic heterocycles. The molecule has 0 aliphatic heterocycles. The van der Waals surface area contributed by atoms with Crippen molar-refractivity contribution in [3.8, 4) is 11.6 Å². The van der Waals surface area contributed by atoms with Gasteiger partial charge in [-0.1, -0.05) is 12.1 Å². The van der Waals surface area contributed by atoms with E-state index < -0.39 is 23.6 Å². The number of ether oxygens (including phenoxy) is 1. The standard InChI is InChI=1S/C19H15F2N5O3/c20-12-3-1-11(2-4-12)7-17(27)26-19(28)25-13-5-6-15(14(21)8-13)29-18-9-16(22)23-10-24-18/h1-6,8-10H,7H2,(H2,22,23,24)(H2,25,26,27,28). The number of imide groups is 1. The molecule has 0 unspecified atom stereocenters. The van der Waals surface area contributed by atoms with Crippen molar-refractivity contribution in [1.82, 2.24) is 15.3 Å². The molecule has 0 bridgehead atoms. The molecular weight excluding hydrogens is 384 g/mol. The minimum Gasteiger partial charge on any atom is -0.436 e. The first kappa shape index (κ1) is 19.7. The molecule has 3 rings (SSSR count). The summed E-state index contributed by atoms with van der Waals surface area (Å²) >= 11 is 0. The Morgan fingerprint density at radius 1 is 1.03 bits per heavy atom. The number of nitrogens with one attached hydrogen (secondary N) is 2. The zero-order valence-corrected chi connectivity index (χ0v) is 14.9. The fourth-order valence-electron chi connectivity index (χ4n) is 2.30. The minimum absolute atomic E-state index is 0.0567. The molecule has 2 aromatic carbocycles. The first-order valence-corrected chi connectivity index (χ1v) is 8.29. The molecule has 8 nitrogen and oxygen atoms in total. The Morgan fingerprint density at radius 3 is 2.48 bits per heavy atom. The van der Waals surface area contributed by atoms with Crippen molar-refractivity contribution in [2.45, 2.75) is 6.42 Å². The van der Waals surface area contributed by atoms with Crippen LogP contribution in [-0.2, 0) is 11.2 Å². The number of rotatable bonds is 5. The predicted octanol–water partition coefficient (Wildman–Crippen LogP) is 3.02. The van der Waals surface area contributed by atoms with Crippen molar-refractivity contribution in [2.75, 3.05) is 11.1 Å². The number of halogens is 2. The maximum absolute atomic E-state index is 14.2. The molecule has 0 radical (unpaired) electrons. The molecule has 0 aliphatic rings. The second-order valence-electron chi connectivity index (χ2n) is 5.83. The number of amides is 3. The highest BCUT2D eigenvalue weighted by molar-refractivity contribution is 6.01. The number of nitrogen functional groups attached to an aromatic ring is 1. The summed E-state index contributed by atoms with van der Waals surface area (Å²) in [7, 11) is 0. The minimum atomic E-state index is -0.839. The zero-order valence-electron chi connectivity index (χ0n) is 14.9. The third kappa shape index (κ3) is 5.70. The summed E-state index contributed by atoms with van der Waals surface area (Å²) in [5.41, 5.74) is 6.14. The summed E-state index contributed by atoms with van der Waals surface area (Å²) in [5.74, 6) is -1.71. The van der Waals surface area contributed by atoms with Crippen LogP contribution in [0.1, 0.15) is 5.56 Å². The number of urea groups is 1. The second kappa shape index (κ2) is 8.74. The van der Waals surface area contributed by atoms with E-state index in [9.17, 15) is 18.4 Å².